The number of ether oxygens (including phenoxy) is 2. The van der Waals surface area contributed by atoms with Crippen LogP contribution in [0.25, 0.3) is 0 Å². The van der Waals surface area contributed by atoms with Crippen LogP contribution in [0.2, 0.25) is 0 Å². The second-order valence-electron chi connectivity index (χ2n) is 6.14. The second-order valence-corrected chi connectivity index (χ2v) is 6.14. The number of rotatable bonds is 3. The monoisotopic (exact) mass is 302 g/mol. The third-order valence-electron chi connectivity index (χ3n) is 4.98. The van der Waals surface area contributed by atoms with Crippen molar-refractivity contribution in [2.45, 2.75) is 37.0 Å². The van der Waals surface area contributed by atoms with Crippen molar-refractivity contribution in [3.8, 4) is 0 Å². The van der Waals surface area contributed by atoms with Crippen LogP contribution in [0, 0.1) is 0 Å². The zero-order valence-electron chi connectivity index (χ0n) is 12.2. The Morgan fingerprint density at radius 3 is 2.86 bits per heavy atom. The number of alkyl halides is 1. The number of fused-ring (bicyclic) bond motifs is 1. The van der Waals surface area contributed by atoms with Gasteiger partial charge in [-0.05, 0) is 19.4 Å². The number of aliphatic hydroxyl groups is 1. The summed E-state index contributed by atoms with van der Waals surface area (Å²) in [6.07, 6.45) is 0.670. The Bertz CT molecular complexity index is 391. The first kappa shape index (κ1) is 15.0. The molecule has 0 aromatic rings. The first-order chi connectivity index (χ1) is 10.2. The van der Waals surface area contributed by atoms with Crippen LogP contribution in [0.1, 0.15) is 19.3 Å². The Kier molecular flexibility index (Phi) is 4.33. The molecule has 120 valence electrons. The van der Waals surface area contributed by atoms with Crippen molar-refractivity contribution in [2.24, 2.45) is 0 Å². The molecule has 0 radical (unpaired) electrons. The van der Waals surface area contributed by atoms with Gasteiger partial charge in [0.05, 0.1) is 25.9 Å². The van der Waals surface area contributed by atoms with E-state index in [0.717, 1.165) is 19.4 Å². The van der Waals surface area contributed by atoms with Gasteiger partial charge in [0.1, 0.15) is 12.8 Å². The van der Waals surface area contributed by atoms with Gasteiger partial charge < -0.3 is 19.5 Å². The van der Waals surface area contributed by atoms with E-state index in [2.05, 4.69) is 0 Å². The largest absolute Gasteiger partial charge is 0.448 e. The number of hydrogen-bond acceptors (Lipinski definition) is 5. The van der Waals surface area contributed by atoms with Gasteiger partial charge in [0.15, 0.2) is 0 Å². The lowest BCUT2D eigenvalue weighted by Gasteiger charge is -2.33. The molecule has 3 fully saturated rings. The second kappa shape index (κ2) is 6.06. The average Bonchev–Trinajstić information content (AvgIpc) is 3.02. The van der Waals surface area contributed by atoms with Gasteiger partial charge in [0.2, 0.25) is 0 Å². The minimum atomic E-state index is -1.05. The molecule has 3 saturated heterocycles. The van der Waals surface area contributed by atoms with E-state index < -0.39 is 23.8 Å². The van der Waals surface area contributed by atoms with E-state index in [1.54, 1.807) is 4.90 Å². The van der Waals surface area contributed by atoms with Crippen LogP contribution in [0.5, 0.6) is 0 Å². The van der Waals surface area contributed by atoms with Crippen LogP contribution in [0.3, 0.4) is 0 Å². The lowest BCUT2D eigenvalue weighted by Crippen LogP contribution is -2.48. The van der Waals surface area contributed by atoms with Crippen molar-refractivity contribution in [3.05, 3.63) is 0 Å². The van der Waals surface area contributed by atoms with Crippen molar-refractivity contribution >= 4 is 6.09 Å². The SMILES string of the molecule is O=C(OCC1[C@H](F)C[C@@]2(CO)CCCN12)N1CCOCC1. The molecule has 3 aliphatic heterocycles. The molecule has 3 aliphatic rings. The number of morpholine rings is 1. The molecule has 0 bridgehead atoms. The number of amides is 1. The van der Waals surface area contributed by atoms with E-state index in [0.29, 0.717) is 32.7 Å². The molecule has 21 heavy (non-hydrogen) atoms. The van der Waals surface area contributed by atoms with Gasteiger partial charge in [-0.2, -0.15) is 0 Å². The van der Waals surface area contributed by atoms with E-state index in [1.807, 2.05) is 4.90 Å². The number of aliphatic hydroxyl groups excluding tert-OH is 1. The summed E-state index contributed by atoms with van der Waals surface area (Å²) < 4.78 is 24.7. The zero-order chi connectivity index (χ0) is 14.9. The summed E-state index contributed by atoms with van der Waals surface area (Å²) in [4.78, 5) is 15.6. The number of halogens is 1. The zero-order valence-corrected chi connectivity index (χ0v) is 12.2. The summed E-state index contributed by atoms with van der Waals surface area (Å²) in [5, 5.41) is 9.61. The molecular formula is C14H23FN2O4. The topological polar surface area (TPSA) is 62.2 Å². The van der Waals surface area contributed by atoms with E-state index in [1.165, 1.54) is 0 Å². The molecule has 0 aromatic heterocycles. The van der Waals surface area contributed by atoms with Crippen molar-refractivity contribution in [2.75, 3.05) is 46.1 Å². The molecule has 3 rings (SSSR count). The molecule has 1 amide bonds. The molecule has 0 spiro atoms. The average molecular weight is 302 g/mol. The molecule has 6 nitrogen and oxygen atoms in total. The van der Waals surface area contributed by atoms with Crippen LogP contribution >= 0.6 is 0 Å². The van der Waals surface area contributed by atoms with Gasteiger partial charge in [-0.3, -0.25) is 4.90 Å². The van der Waals surface area contributed by atoms with Gasteiger partial charge in [-0.1, -0.05) is 0 Å². The highest BCUT2D eigenvalue weighted by molar-refractivity contribution is 5.67. The van der Waals surface area contributed by atoms with Crippen LogP contribution < -0.4 is 0 Å². The highest BCUT2D eigenvalue weighted by atomic mass is 19.1. The smallest absolute Gasteiger partial charge is 0.409 e. The van der Waals surface area contributed by atoms with Crippen LogP contribution in [0.15, 0.2) is 0 Å². The summed E-state index contributed by atoms with van der Waals surface area (Å²) in [5.74, 6) is 0. The van der Waals surface area contributed by atoms with Crippen LogP contribution in [-0.4, -0.2) is 84.8 Å². The number of hydrogen-bond donors (Lipinski definition) is 1. The predicted octanol–water partition coefficient (Wildman–Crippen LogP) is 0.393. The maximum atomic E-state index is 14.3. The first-order valence-corrected chi connectivity index (χ1v) is 7.67. The van der Waals surface area contributed by atoms with Crippen LogP contribution in [-0.2, 0) is 9.47 Å². The maximum absolute atomic E-state index is 14.3. The Balaban J connectivity index is 1.56. The van der Waals surface area contributed by atoms with Gasteiger partial charge in [-0.15, -0.1) is 0 Å². The first-order valence-electron chi connectivity index (χ1n) is 7.67. The fraction of sp³-hybridized carbons (Fsp3) is 0.929. The van der Waals surface area contributed by atoms with E-state index >= 15 is 0 Å². The summed E-state index contributed by atoms with van der Waals surface area (Å²) >= 11 is 0. The minimum Gasteiger partial charge on any atom is -0.448 e. The van der Waals surface area contributed by atoms with Crippen molar-refractivity contribution in [1.82, 2.24) is 9.80 Å². The van der Waals surface area contributed by atoms with Crippen molar-refractivity contribution in [3.63, 3.8) is 0 Å². The summed E-state index contributed by atoms with van der Waals surface area (Å²) in [6, 6.07) is -0.426. The third-order valence-corrected chi connectivity index (χ3v) is 4.98. The minimum absolute atomic E-state index is 0.0265. The lowest BCUT2D eigenvalue weighted by atomic mass is 9.95. The number of nitrogens with zero attached hydrogens (tertiary/aromatic N) is 2. The molecule has 0 aliphatic carbocycles. The highest BCUT2D eigenvalue weighted by Crippen LogP contribution is 2.43. The number of carbonyl (C=O) groups is 1. The summed E-state index contributed by atoms with van der Waals surface area (Å²) in [6.45, 7) is 2.87. The van der Waals surface area contributed by atoms with Crippen molar-refractivity contribution < 1.29 is 23.8 Å². The predicted molar refractivity (Wildman–Crippen MR) is 72.8 cm³/mol. The van der Waals surface area contributed by atoms with E-state index in [9.17, 15) is 14.3 Å². The Labute approximate surface area is 123 Å². The molecule has 0 saturated carbocycles. The Morgan fingerprint density at radius 1 is 1.38 bits per heavy atom. The summed E-state index contributed by atoms with van der Waals surface area (Å²) in [7, 11) is 0. The van der Waals surface area contributed by atoms with Gasteiger partial charge in [0, 0.05) is 25.0 Å². The molecule has 3 heterocycles. The Morgan fingerprint density at radius 2 is 2.14 bits per heavy atom. The van der Waals surface area contributed by atoms with Gasteiger partial charge >= 0.3 is 6.09 Å². The summed E-state index contributed by atoms with van der Waals surface area (Å²) in [5.41, 5.74) is -0.435. The maximum Gasteiger partial charge on any atom is 0.409 e. The Hall–Kier alpha value is -0.920. The molecule has 3 atom stereocenters. The molecule has 7 heteroatoms. The molecule has 0 aromatic carbocycles. The standard InChI is InChI=1S/C14H23FN2O4/c15-11-8-14(10-18)2-1-3-17(14)12(11)9-21-13(19)16-4-6-20-7-5-16/h11-12,18H,1-10H2/t11-,12?,14-/m1/s1. The highest BCUT2D eigenvalue weighted by Gasteiger charge is 2.54. The molecule has 1 N–H and O–H groups in total. The quantitative estimate of drug-likeness (QED) is 0.817. The lowest BCUT2D eigenvalue weighted by molar-refractivity contribution is 0.00916. The van der Waals surface area contributed by atoms with E-state index in [4.69, 9.17) is 9.47 Å². The normalized spacial score (nSPS) is 36.8. The molecular weight excluding hydrogens is 279 g/mol. The fourth-order valence-corrected chi connectivity index (χ4v) is 3.81. The molecule has 1 unspecified atom stereocenters. The van der Waals surface area contributed by atoms with E-state index in [-0.39, 0.29) is 13.2 Å². The van der Waals surface area contributed by atoms with Crippen LogP contribution in [0.4, 0.5) is 9.18 Å². The van der Waals surface area contributed by atoms with Crippen molar-refractivity contribution in [1.29, 1.82) is 0 Å². The van der Waals surface area contributed by atoms with Gasteiger partial charge in [-0.25, -0.2) is 9.18 Å². The van der Waals surface area contributed by atoms with Gasteiger partial charge in [0.25, 0.3) is 0 Å². The number of carbonyl (C=O) groups excluding carboxylic acids is 1. The fourth-order valence-electron chi connectivity index (χ4n) is 3.81. The third kappa shape index (κ3) is 2.74.